The Bertz CT molecular complexity index is 493. The Morgan fingerprint density at radius 2 is 2.06 bits per heavy atom. The van der Waals surface area contributed by atoms with E-state index in [4.69, 9.17) is 4.74 Å². The highest BCUT2D eigenvalue weighted by atomic mass is 16.5. The number of Topliss-reactive ketones (excluding diaryl/α,β-unsaturated/α-hetero) is 1. The second kappa shape index (κ2) is 3.81. The van der Waals surface area contributed by atoms with Gasteiger partial charge in [0.2, 0.25) is 0 Å². The Hall–Kier alpha value is -1.41. The molecule has 0 bridgehead atoms. The molecule has 1 aromatic rings. The molecule has 3 rings (SSSR count). The van der Waals surface area contributed by atoms with Crippen LogP contribution < -0.4 is 0 Å². The number of fused-ring (bicyclic) bond motifs is 1. The van der Waals surface area contributed by atoms with Gasteiger partial charge in [0.15, 0.2) is 5.78 Å². The molecule has 1 aliphatic heterocycles. The molecule has 1 spiro atoms. The summed E-state index contributed by atoms with van der Waals surface area (Å²) < 4.78 is 5.76. The number of ketones is 1. The molecule has 0 N–H and O–H groups in total. The molecule has 17 heavy (non-hydrogen) atoms. The van der Waals surface area contributed by atoms with Gasteiger partial charge in [-0.3, -0.25) is 4.79 Å². The van der Waals surface area contributed by atoms with E-state index in [2.05, 4.69) is 13.0 Å². The van der Waals surface area contributed by atoms with E-state index in [1.165, 1.54) is 5.57 Å². The first kappa shape index (κ1) is 10.7. The molecule has 1 aromatic carbocycles. The molecule has 0 unspecified atom stereocenters. The van der Waals surface area contributed by atoms with Crippen molar-refractivity contribution in [3.8, 4) is 0 Å². The van der Waals surface area contributed by atoms with E-state index >= 15 is 0 Å². The second-order valence-electron chi connectivity index (χ2n) is 4.74. The van der Waals surface area contributed by atoms with Crippen molar-refractivity contribution >= 4 is 11.4 Å². The third-order valence-corrected chi connectivity index (χ3v) is 3.74. The van der Waals surface area contributed by atoms with E-state index in [1.54, 1.807) is 0 Å². The minimum atomic E-state index is -0.653. The zero-order valence-electron chi connectivity index (χ0n) is 10.0. The molecule has 1 aliphatic carbocycles. The molecule has 0 aromatic heterocycles. The van der Waals surface area contributed by atoms with Crippen LogP contribution >= 0.6 is 0 Å². The number of hydrogen-bond donors (Lipinski definition) is 0. The molecule has 2 heteroatoms. The molecular formula is C15H16O2. The summed E-state index contributed by atoms with van der Waals surface area (Å²) in [6.07, 6.45) is 4.80. The van der Waals surface area contributed by atoms with E-state index in [0.29, 0.717) is 6.61 Å². The molecule has 88 valence electrons. The Morgan fingerprint density at radius 1 is 1.29 bits per heavy atom. The highest BCUT2D eigenvalue weighted by molar-refractivity contribution is 6.10. The van der Waals surface area contributed by atoms with Crippen LogP contribution in [0.25, 0.3) is 5.57 Å². The maximum atomic E-state index is 12.5. The van der Waals surface area contributed by atoms with Crippen LogP contribution in [0.4, 0.5) is 0 Å². The summed E-state index contributed by atoms with van der Waals surface area (Å²) in [7, 11) is 0. The van der Waals surface area contributed by atoms with Gasteiger partial charge < -0.3 is 4.74 Å². The summed E-state index contributed by atoms with van der Waals surface area (Å²) in [5, 5.41) is 0. The van der Waals surface area contributed by atoms with Gasteiger partial charge in [-0.2, -0.15) is 0 Å². The minimum absolute atomic E-state index is 0.141. The highest BCUT2D eigenvalue weighted by Gasteiger charge is 2.44. The average molecular weight is 228 g/mol. The Labute approximate surface area is 101 Å². The van der Waals surface area contributed by atoms with Gasteiger partial charge in [0.05, 0.1) is 0 Å². The zero-order chi connectivity index (χ0) is 11.9. The summed E-state index contributed by atoms with van der Waals surface area (Å²) in [6, 6.07) is 7.87. The number of hydrogen-bond acceptors (Lipinski definition) is 2. The molecule has 0 saturated carbocycles. The van der Waals surface area contributed by atoms with Gasteiger partial charge in [0.1, 0.15) is 5.60 Å². The van der Waals surface area contributed by atoms with Gasteiger partial charge in [-0.1, -0.05) is 31.2 Å². The van der Waals surface area contributed by atoms with Crippen molar-refractivity contribution in [2.75, 3.05) is 6.61 Å². The van der Waals surface area contributed by atoms with E-state index in [1.807, 2.05) is 24.3 Å². The first-order valence-electron chi connectivity index (χ1n) is 6.27. The van der Waals surface area contributed by atoms with Crippen molar-refractivity contribution in [3.05, 3.63) is 41.5 Å². The van der Waals surface area contributed by atoms with Gasteiger partial charge in [-0.05, 0) is 36.5 Å². The van der Waals surface area contributed by atoms with E-state index in [0.717, 1.165) is 30.4 Å². The molecule has 1 atom stereocenters. The predicted molar refractivity (Wildman–Crippen MR) is 67.0 cm³/mol. The van der Waals surface area contributed by atoms with Gasteiger partial charge in [-0.25, -0.2) is 0 Å². The van der Waals surface area contributed by atoms with Gasteiger partial charge >= 0.3 is 0 Å². The number of benzene rings is 1. The summed E-state index contributed by atoms with van der Waals surface area (Å²) >= 11 is 0. The lowest BCUT2D eigenvalue weighted by Crippen LogP contribution is -2.39. The maximum Gasteiger partial charge on any atom is 0.199 e. The first-order valence-corrected chi connectivity index (χ1v) is 6.27. The summed E-state index contributed by atoms with van der Waals surface area (Å²) in [5.41, 5.74) is 2.50. The molecule has 2 nitrogen and oxygen atoms in total. The lowest BCUT2D eigenvalue weighted by Gasteiger charge is -2.30. The summed E-state index contributed by atoms with van der Waals surface area (Å²) in [5.74, 6) is 0.141. The minimum Gasteiger partial charge on any atom is -0.363 e. The van der Waals surface area contributed by atoms with Gasteiger partial charge in [-0.15, -0.1) is 0 Å². The van der Waals surface area contributed by atoms with Crippen molar-refractivity contribution in [1.29, 1.82) is 0 Å². The van der Waals surface area contributed by atoms with Crippen LogP contribution in [0.5, 0.6) is 0 Å². The fourth-order valence-corrected chi connectivity index (χ4v) is 2.86. The number of carbonyl (C=O) groups excluding carboxylic acids is 1. The van der Waals surface area contributed by atoms with Crippen LogP contribution in [0.15, 0.2) is 30.3 Å². The third kappa shape index (κ3) is 1.48. The van der Waals surface area contributed by atoms with Crippen molar-refractivity contribution in [1.82, 2.24) is 0 Å². The monoisotopic (exact) mass is 228 g/mol. The van der Waals surface area contributed by atoms with Crippen LogP contribution in [0.2, 0.25) is 0 Å². The highest BCUT2D eigenvalue weighted by Crippen LogP contribution is 2.40. The van der Waals surface area contributed by atoms with Crippen LogP contribution in [0.1, 0.15) is 42.1 Å². The van der Waals surface area contributed by atoms with Gasteiger partial charge in [0.25, 0.3) is 0 Å². The molecule has 2 aliphatic rings. The van der Waals surface area contributed by atoms with Crippen molar-refractivity contribution in [2.45, 2.75) is 31.8 Å². The molecule has 1 heterocycles. The number of carbonyl (C=O) groups is 1. The van der Waals surface area contributed by atoms with E-state index in [9.17, 15) is 4.79 Å². The maximum absolute atomic E-state index is 12.5. The Kier molecular flexibility index (Phi) is 2.40. The van der Waals surface area contributed by atoms with Crippen molar-refractivity contribution in [2.24, 2.45) is 0 Å². The Morgan fingerprint density at radius 3 is 2.71 bits per heavy atom. The second-order valence-corrected chi connectivity index (χ2v) is 4.74. The molecule has 1 saturated heterocycles. The van der Waals surface area contributed by atoms with Crippen LogP contribution in [-0.2, 0) is 4.74 Å². The SMILES string of the molecule is CCC1=C[C@]2(CCCO2)C(=O)c2ccccc21. The molecule has 0 radical (unpaired) electrons. The molecule has 1 fully saturated rings. The lowest BCUT2D eigenvalue weighted by molar-refractivity contribution is 0.0350. The topological polar surface area (TPSA) is 26.3 Å². The third-order valence-electron chi connectivity index (χ3n) is 3.74. The number of rotatable bonds is 1. The molecule has 0 amide bonds. The zero-order valence-corrected chi connectivity index (χ0v) is 10.0. The van der Waals surface area contributed by atoms with Crippen LogP contribution in [-0.4, -0.2) is 18.0 Å². The fraction of sp³-hybridized carbons (Fsp3) is 0.400. The standard InChI is InChI=1S/C15H16O2/c1-2-11-10-15(8-5-9-17-15)14(16)13-7-4-3-6-12(11)13/h3-4,6-7,10H,2,5,8-9H2,1H3/t15-/m1/s1. The Balaban J connectivity index is 2.18. The lowest BCUT2D eigenvalue weighted by atomic mass is 9.78. The fourth-order valence-electron chi connectivity index (χ4n) is 2.86. The summed E-state index contributed by atoms with van der Waals surface area (Å²) in [4.78, 5) is 12.5. The quantitative estimate of drug-likeness (QED) is 0.737. The largest absolute Gasteiger partial charge is 0.363 e. The van der Waals surface area contributed by atoms with E-state index < -0.39 is 5.60 Å². The number of allylic oxidation sites excluding steroid dienone is 1. The average Bonchev–Trinajstić information content (AvgIpc) is 2.84. The smallest absolute Gasteiger partial charge is 0.199 e. The van der Waals surface area contributed by atoms with Crippen molar-refractivity contribution < 1.29 is 9.53 Å². The predicted octanol–water partition coefficient (Wildman–Crippen LogP) is 3.23. The van der Waals surface area contributed by atoms with Crippen LogP contribution in [0, 0.1) is 0 Å². The summed E-state index contributed by atoms with van der Waals surface area (Å²) in [6.45, 7) is 2.82. The van der Waals surface area contributed by atoms with Crippen LogP contribution in [0.3, 0.4) is 0 Å². The van der Waals surface area contributed by atoms with E-state index in [-0.39, 0.29) is 5.78 Å². The number of ether oxygens (including phenoxy) is 1. The first-order chi connectivity index (χ1) is 8.27. The van der Waals surface area contributed by atoms with Crippen molar-refractivity contribution in [3.63, 3.8) is 0 Å². The normalized spacial score (nSPS) is 27.1. The molecular weight excluding hydrogens is 212 g/mol. The van der Waals surface area contributed by atoms with Gasteiger partial charge in [0, 0.05) is 12.2 Å².